The molecule has 0 fully saturated rings. The number of carbonyl (C=O) groups excluding carboxylic acids is 1. The lowest BCUT2D eigenvalue weighted by Crippen LogP contribution is -2.37. The Kier molecular flexibility index (Phi) is 6.65. The molecule has 2 heteroatoms. The first-order chi connectivity index (χ1) is 6.11. The lowest BCUT2D eigenvalue weighted by molar-refractivity contribution is -0.124. The number of carbonyl (C=O) groups is 1. The summed E-state index contributed by atoms with van der Waals surface area (Å²) < 4.78 is 0. The zero-order valence-corrected chi connectivity index (χ0v) is 9.39. The number of rotatable bonds is 6. The highest BCUT2D eigenvalue weighted by Crippen LogP contribution is 2.05. The van der Waals surface area contributed by atoms with Crippen LogP contribution in [-0.4, -0.2) is 11.9 Å². The van der Waals surface area contributed by atoms with Crippen LogP contribution in [-0.2, 0) is 4.79 Å². The van der Waals surface area contributed by atoms with Crippen LogP contribution in [0.2, 0.25) is 0 Å². The predicted octanol–water partition coefficient (Wildman–Crippen LogP) is 2.73. The first-order valence-corrected chi connectivity index (χ1v) is 5.42. The van der Waals surface area contributed by atoms with Crippen molar-refractivity contribution in [3.05, 3.63) is 0 Å². The van der Waals surface area contributed by atoms with E-state index < -0.39 is 0 Å². The van der Waals surface area contributed by atoms with Crippen molar-refractivity contribution in [1.82, 2.24) is 5.32 Å². The Hall–Kier alpha value is -0.530. The Labute approximate surface area is 82.1 Å². The van der Waals surface area contributed by atoms with Gasteiger partial charge in [-0.15, -0.1) is 0 Å². The van der Waals surface area contributed by atoms with Crippen molar-refractivity contribution in [3.63, 3.8) is 0 Å². The Morgan fingerprint density at radius 1 is 1.15 bits per heavy atom. The van der Waals surface area contributed by atoms with Gasteiger partial charge < -0.3 is 5.32 Å². The fraction of sp³-hybridized carbons (Fsp3) is 0.909. The average Bonchev–Trinajstić information content (AvgIpc) is 2.05. The largest absolute Gasteiger partial charge is 0.353 e. The van der Waals surface area contributed by atoms with E-state index in [2.05, 4.69) is 19.2 Å². The van der Waals surface area contributed by atoms with Crippen LogP contribution in [0.3, 0.4) is 0 Å². The number of hydrogen-bond acceptors (Lipinski definition) is 1. The molecule has 0 aromatic rings. The van der Waals surface area contributed by atoms with Gasteiger partial charge in [-0.25, -0.2) is 0 Å². The summed E-state index contributed by atoms with van der Waals surface area (Å²) in [7, 11) is 0. The zero-order chi connectivity index (χ0) is 10.3. The third-order valence-corrected chi connectivity index (χ3v) is 2.15. The Morgan fingerprint density at radius 2 is 1.62 bits per heavy atom. The Balaban J connectivity index is 3.86. The van der Waals surface area contributed by atoms with E-state index in [4.69, 9.17) is 0 Å². The van der Waals surface area contributed by atoms with Crippen molar-refractivity contribution in [2.24, 2.45) is 5.92 Å². The molecule has 0 aliphatic rings. The molecule has 13 heavy (non-hydrogen) atoms. The van der Waals surface area contributed by atoms with Crippen LogP contribution in [0.5, 0.6) is 0 Å². The van der Waals surface area contributed by atoms with Crippen LogP contribution in [0.4, 0.5) is 0 Å². The van der Waals surface area contributed by atoms with E-state index in [1.165, 1.54) is 0 Å². The summed E-state index contributed by atoms with van der Waals surface area (Å²) in [5.74, 6) is 0.295. The minimum absolute atomic E-state index is 0.108. The lowest BCUT2D eigenvalue weighted by Gasteiger charge is -2.18. The van der Waals surface area contributed by atoms with Crippen LogP contribution in [0, 0.1) is 5.92 Å². The molecule has 78 valence electrons. The fourth-order valence-electron chi connectivity index (χ4n) is 1.35. The minimum Gasteiger partial charge on any atom is -0.353 e. The molecule has 0 saturated heterocycles. The van der Waals surface area contributed by atoms with E-state index in [9.17, 15) is 4.79 Å². The van der Waals surface area contributed by atoms with Gasteiger partial charge in [-0.1, -0.05) is 40.5 Å². The average molecular weight is 185 g/mol. The molecule has 0 spiro atoms. The molecular formula is C11H23NO. The van der Waals surface area contributed by atoms with Crippen LogP contribution in [0.15, 0.2) is 0 Å². The van der Waals surface area contributed by atoms with Crippen molar-refractivity contribution in [2.75, 3.05) is 0 Å². The first kappa shape index (κ1) is 12.5. The summed E-state index contributed by atoms with van der Waals surface area (Å²) >= 11 is 0. The second-order valence-electron chi connectivity index (χ2n) is 3.94. The summed E-state index contributed by atoms with van der Waals surface area (Å²) in [6.45, 7) is 8.18. The molecule has 1 amide bonds. The third-order valence-electron chi connectivity index (χ3n) is 2.15. The molecule has 2 nitrogen and oxygen atoms in total. The summed E-state index contributed by atoms with van der Waals surface area (Å²) in [4.78, 5) is 11.4. The molecule has 0 aromatic heterocycles. The van der Waals surface area contributed by atoms with E-state index in [1.54, 1.807) is 0 Å². The van der Waals surface area contributed by atoms with Gasteiger partial charge in [0.15, 0.2) is 0 Å². The Morgan fingerprint density at radius 3 is 1.92 bits per heavy atom. The number of hydrogen-bond donors (Lipinski definition) is 1. The standard InChI is InChI=1S/C11H23NO/c1-5-7-10(8-6-2)12-11(13)9(3)4/h9-10H,5-8H2,1-4H3,(H,12,13). The zero-order valence-electron chi connectivity index (χ0n) is 9.39. The monoisotopic (exact) mass is 185 g/mol. The van der Waals surface area contributed by atoms with Gasteiger partial charge in [0.05, 0.1) is 0 Å². The van der Waals surface area contributed by atoms with Crippen LogP contribution < -0.4 is 5.32 Å². The van der Waals surface area contributed by atoms with Gasteiger partial charge in [-0.05, 0) is 12.8 Å². The molecule has 0 saturated carbocycles. The van der Waals surface area contributed by atoms with E-state index in [0.29, 0.717) is 6.04 Å². The molecule has 0 aromatic carbocycles. The van der Waals surface area contributed by atoms with Crippen LogP contribution in [0.1, 0.15) is 53.4 Å². The molecule has 0 radical (unpaired) electrons. The molecule has 0 atom stereocenters. The molecule has 0 aliphatic carbocycles. The first-order valence-electron chi connectivity index (χ1n) is 5.42. The summed E-state index contributed by atoms with van der Waals surface area (Å²) in [6.07, 6.45) is 4.49. The summed E-state index contributed by atoms with van der Waals surface area (Å²) in [6, 6.07) is 0.393. The van der Waals surface area contributed by atoms with Crippen LogP contribution >= 0.6 is 0 Å². The van der Waals surface area contributed by atoms with Crippen molar-refractivity contribution in [2.45, 2.75) is 59.4 Å². The summed E-state index contributed by atoms with van der Waals surface area (Å²) in [5, 5.41) is 3.08. The van der Waals surface area contributed by atoms with Gasteiger partial charge >= 0.3 is 0 Å². The number of amides is 1. The van der Waals surface area contributed by atoms with E-state index >= 15 is 0 Å². The van der Waals surface area contributed by atoms with Crippen molar-refractivity contribution < 1.29 is 4.79 Å². The van der Waals surface area contributed by atoms with Crippen molar-refractivity contribution in [1.29, 1.82) is 0 Å². The summed E-state index contributed by atoms with van der Waals surface area (Å²) in [5.41, 5.74) is 0. The molecule has 1 N–H and O–H groups in total. The maximum atomic E-state index is 11.4. The van der Waals surface area contributed by atoms with Gasteiger partial charge in [-0.2, -0.15) is 0 Å². The smallest absolute Gasteiger partial charge is 0.222 e. The quantitative estimate of drug-likeness (QED) is 0.677. The lowest BCUT2D eigenvalue weighted by atomic mass is 10.1. The van der Waals surface area contributed by atoms with Gasteiger partial charge in [-0.3, -0.25) is 4.79 Å². The fourth-order valence-corrected chi connectivity index (χ4v) is 1.35. The highest BCUT2D eigenvalue weighted by Gasteiger charge is 2.12. The molecule has 0 rings (SSSR count). The van der Waals surface area contributed by atoms with Gasteiger partial charge in [0.25, 0.3) is 0 Å². The molecule has 0 unspecified atom stereocenters. The maximum absolute atomic E-state index is 11.4. The van der Waals surface area contributed by atoms with E-state index in [0.717, 1.165) is 25.7 Å². The van der Waals surface area contributed by atoms with E-state index in [-0.39, 0.29) is 11.8 Å². The highest BCUT2D eigenvalue weighted by atomic mass is 16.1. The Bertz CT molecular complexity index is 137. The van der Waals surface area contributed by atoms with Gasteiger partial charge in [0.2, 0.25) is 5.91 Å². The topological polar surface area (TPSA) is 29.1 Å². The number of nitrogens with one attached hydrogen (secondary N) is 1. The maximum Gasteiger partial charge on any atom is 0.222 e. The molecule has 0 bridgehead atoms. The minimum atomic E-state index is 0.108. The van der Waals surface area contributed by atoms with E-state index in [1.807, 2.05) is 13.8 Å². The highest BCUT2D eigenvalue weighted by molar-refractivity contribution is 5.78. The predicted molar refractivity (Wildman–Crippen MR) is 56.6 cm³/mol. The van der Waals surface area contributed by atoms with Crippen molar-refractivity contribution >= 4 is 5.91 Å². The molecular weight excluding hydrogens is 162 g/mol. The van der Waals surface area contributed by atoms with Crippen LogP contribution in [0.25, 0.3) is 0 Å². The molecule has 0 heterocycles. The van der Waals surface area contributed by atoms with Crippen molar-refractivity contribution in [3.8, 4) is 0 Å². The normalized spacial score (nSPS) is 10.9. The van der Waals surface area contributed by atoms with Gasteiger partial charge in [0, 0.05) is 12.0 Å². The van der Waals surface area contributed by atoms with Gasteiger partial charge in [0.1, 0.15) is 0 Å². The SMILES string of the molecule is CCCC(CCC)NC(=O)C(C)C. The second-order valence-corrected chi connectivity index (χ2v) is 3.94. The third kappa shape index (κ3) is 5.67. The molecule has 0 aliphatic heterocycles. The second kappa shape index (κ2) is 6.93.